The third-order valence-corrected chi connectivity index (χ3v) is 28.1. The van der Waals surface area contributed by atoms with Gasteiger partial charge >= 0.3 is 0 Å². The fraction of sp³-hybridized carbons (Fsp3) is 0. The van der Waals surface area contributed by atoms with E-state index in [-0.39, 0.29) is 0 Å². The van der Waals surface area contributed by atoms with Crippen LogP contribution in [0.4, 0.5) is 17.1 Å². The summed E-state index contributed by atoms with van der Waals surface area (Å²) in [5, 5.41) is 36.7. The first-order valence-corrected chi connectivity index (χ1v) is 47.7. The van der Waals surface area contributed by atoms with E-state index in [2.05, 4.69) is 315 Å². The summed E-state index contributed by atoms with van der Waals surface area (Å²) in [5.74, 6) is 4.23. The van der Waals surface area contributed by atoms with Crippen LogP contribution in [0, 0.1) is 34.0 Å². The summed E-state index contributed by atoms with van der Waals surface area (Å²) in [6, 6.07) is 158. The van der Waals surface area contributed by atoms with Gasteiger partial charge in [-0.1, -0.05) is 182 Å². The van der Waals surface area contributed by atoms with Gasteiger partial charge in [-0.2, -0.15) is 15.8 Å². The molecule has 0 fully saturated rings. The molecular formula is C123H73N21O. The molecular weight excluding hydrogens is 1790 g/mol. The highest BCUT2D eigenvalue weighted by Crippen LogP contribution is 2.43. The number of aromatic nitrogens is 17. The van der Waals surface area contributed by atoms with Crippen molar-refractivity contribution in [3.8, 4) is 46.6 Å². The highest BCUT2D eigenvalue weighted by molar-refractivity contribution is 6.13. The molecule has 31 rings (SSSR count). The van der Waals surface area contributed by atoms with E-state index in [1.807, 2.05) is 200 Å². The Kier molecular flexibility index (Phi) is 18.0. The van der Waals surface area contributed by atoms with Gasteiger partial charge in [0, 0.05) is 60.8 Å². The second-order valence-electron chi connectivity index (χ2n) is 36.1. The number of benzene rings is 19. The summed E-state index contributed by atoms with van der Waals surface area (Å²) in [6.45, 7) is 0. The van der Waals surface area contributed by atoms with E-state index in [0.29, 0.717) is 45.6 Å². The van der Waals surface area contributed by atoms with Crippen molar-refractivity contribution in [2.24, 2.45) is 0 Å². The van der Waals surface area contributed by atoms with Crippen LogP contribution in [-0.4, -0.2) is 79.1 Å². The zero-order valence-corrected chi connectivity index (χ0v) is 76.9. The first-order valence-electron chi connectivity index (χ1n) is 47.7. The Morgan fingerprint density at radius 1 is 0.179 bits per heavy atom. The predicted octanol–water partition coefficient (Wildman–Crippen LogP) is 28.6. The van der Waals surface area contributed by atoms with E-state index in [1.54, 1.807) is 0 Å². The molecule has 0 saturated carbocycles. The highest BCUT2D eigenvalue weighted by atomic mass is 16.3. The standard InChI is InChI=1S/C51H30N8.C39H25N7.C33H18N6O/c52-31-32-21-27-48-49(29-32)59-47-20-10-5-15-41(47)54-51(59)57(50-53-40-14-4-9-19-46(40)58(48)50)34-24-22-33(23-25-34)55-44-18-8-3-13-38(44)39-30-35(26-28-45(39)55)56-42-16-6-1-11-36(42)37-12-2-7-17-43(37)56;40-26-27-19-24-36-37(25-27)46-35-18-10-8-16-33(35)42-39(46)44(38-41-32-15-7-9-17-34(32)45(36)38)31-22-20-30(21-23-31)43(28-11-3-1-4-12-28)29-13-5-2-6-14-29;34-19-20-13-15-28-29(17-20)39-27-11-5-3-9-25(27)36-33(39)37(32-35-24-8-2-4-10-26(24)38(28)32)21-14-16-31-23(18-21)22-7-1-6-12-30(22)40-31/h1-30H;1-25H;1-18H. The molecule has 0 spiro atoms. The van der Waals surface area contributed by atoms with Crippen molar-refractivity contribution < 1.29 is 4.42 Å². The lowest BCUT2D eigenvalue weighted by atomic mass is 10.1. The van der Waals surface area contributed by atoms with Gasteiger partial charge in [0.15, 0.2) is 0 Å². The molecule has 0 atom stereocenters. The number of imidazole rings is 6. The molecule has 22 heteroatoms. The van der Waals surface area contributed by atoms with Crippen LogP contribution in [0.5, 0.6) is 0 Å². The van der Waals surface area contributed by atoms with Crippen LogP contribution < -0.4 is 4.90 Å². The largest absolute Gasteiger partial charge is 0.456 e. The highest BCUT2D eigenvalue weighted by Gasteiger charge is 2.27. The molecule has 0 N–H and O–H groups in total. The molecule has 145 heavy (non-hydrogen) atoms. The van der Waals surface area contributed by atoms with Gasteiger partial charge in [0.1, 0.15) is 11.2 Å². The summed E-state index contributed by atoms with van der Waals surface area (Å²) in [5.41, 5.74) is 32.4. The summed E-state index contributed by atoms with van der Waals surface area (Å²) in [4.78, 5) is 33.5. The van der Waals surface area contributed by atoms with E-state index < -0.39 is 0 Å². The minimum absolute atomic E-state index is 0.574. The molecule has 0 bridgehead atoms. The van der Waals surface area contributed by atoms with Gasteiger partial charge in [0.2, 0.25) is 34.7 Å². The van der Waals surface area contributed by atoms with Gasteiger partial charge < -0.3 is 18.5 Å². The summed E-state index contributed by atoms with van der Waals surface area (Å²) >= 11 is 0. The molecule has 22 nitrogen and oxygen atoms in total. The molecule has 31 aromatic rings. The van der Waals surface area contributed by atoms with Crippen molar-refractivity contribution in [3.05, 3.63) is 460 Å². The average Bonchev–Trinajstić information content (AvgIpc) is 1.56. The Hall–Kier alpha value is -20.9. The van der Waals surface area contributed by atoms with Crippen LogP contribution in [-0.2, 0) is 0 Å². The maximum atomic E-state index is 10.0. The number of hydrogen-bond donors (Lipinski definition) is 0. The molecule has 676 valence electrons. The SMILES string of the molecule is N#Cc1ccc2c(c1)n1c3ccccc3nc1n(-c1ccc(-n3c4ccccc4c4cc(-n5c6ccccc6c6ccccc65)ccc43)cc1)c1nc3ccccc3n21.N#Cc1ccc2c(c1)n1c3ccccc3nc1n(-c1ccc(N(c3ccccc3)c3ccccc3)cc1)c1nc3ccccc3n21.N#Cc1ccc2c(c1)n1c3ccccc3nc1n(-c1ccc3oc4ccccc4c3c1)c1nc3ccccc3n21. The van der Waals surface area contributed by atoms with Crippen molar-refractivity contribution in [2.45, 2.75) is 0 Å². The number of fused-ring (bicyclic) bond motifs is 36. The van der Waals surface area contributed by atoms with E-state index in [0.717, 1.165) is 184 Å². The number of hydrogen-bond acceptors (Lipinski definition) is 11. The molecule has 0 saturated heterocycles. The molecule has 0 aliphatic carbocycles. The fourth-order valence-corrected chi connectivity index (χ4v) is 21.8. The van der Waals surface area contributed by atoms with Crippen LogP contribution in [0.2, 0.25) is 0 Å². The van der Waals surface area contributed by atoms with Gasteiger partial charge in [-0.05, 0) is 261 Å². The predicted molar refractivity (Wildman–Crippen MR) is 579 cm³/mol. The monoisotopic (exact) mass is 1860 g/mol. The molecule has 19 aromatic carbocycles. The first kappa shape index (κ1) is 81.3. The molecule has 0 radical (unpaired) electrons. The maximum absolute atomic E-state index is 10.0. The Bertz CT molecular complexity index is 11100. The van der Waals surface area contributed by atoms with Crippen LogP contribution >= 0.6 is 0 Å². The van der Waals surface area contributed by atoms with Crippen LogP contribution in [0.25, 0.3) is 228 Å². The van der Waals surface area contributed by atoms with Crippen molar-refractivity contribution in [2.75, 3.05) is 4.90 Å². The van der Waals surface area contributed by atoms with E-state index in [1.165, 1.54) is 32.6 Å². The molecule has 0 unspecified atom stereocenters. The Morgan fingerprint density at radius 2 is 0.428 bits per heavy atom. The van der Waals surface area contributed by atoms with Crippen LogP contribution in [0.3, 0.4) is 0 Å². The van der Waals surface area contributed by atoms with Crippen LogP contribution in [0.1, 0.15) is 16.7 Å². The Balaban J connectivity index is 0.000000105. The lowest BCUT2D eigenvalue weighted by Gasteiger charge is -2.25. The molecule has 12 heterocycles. The summed E-state index contributed by atoms with van der Waals surface area (Å²) < 4.78 is 30.2. The van der Waals surface area contributed by atoms with Crippen LogP contribution in [0.15, 0.2) is 447 Å². The number of furan rings is 1. The van der Waals surface area contributed by atoms with E-state index >= 15 is 0 Å². The molecule has 0 aliphatic heterocycles. The third kappa shape index (κ3) is 12.5. The van der Waals surface area contributed by atoms with E-state index in [9.17, 15) is 15.8 Å². The quantitative estimate of drug-likeness (QED) is 0.139. The zero-order chi connectivity index (χ0) is 95.8. The normalized spacial score (nSPS) is 11.8. The number of para-hydroxylation sites is 18. The molecule has 12 aromatic heterocycles. The molecule has 0 aliphatic rings. The lowest BCUT2D eigenvalue weighted by molar-refractivity contribution is 0.669. The summed E-state index contributed by atoms with van der Waals surface area (Å²) in [6.07, 6.45) is 0. The van der Waals surface area contributed by atoms with Gasteiger partial charge in [0.25, 0.3) is 0 Å². The number of anilines is 3. The smallest absolute Gasteiger partial charge is 0.223 e. The lowest BCUT2D eigenvalue weighted by Crippen LogP contribution is -2.10. The number of nitriles is 3. The van der Waals surface area contributed by atoms with Gasteiger partial charge in [-0.3, -0.25) is 26.4 Å². The third-order valence-electron chi connectivity index (χ3n) is 28.1. The zero-order valence-electron chi connectivity index (χ0n) is 76.9. The second kappa shape index (κ2) is 32.1. The average molecular weight is 1860 g/mol. The van der Waals surface area contributed by atoms with E-state index in [4.69, 9.17) is 34.3 Å². The fourth-order valence-electron chi connectivity index (χ4n) is 21.8. The van der Waals surface area contributed by atoms with Crippen molar-refractivity contribution in [1.29, 1.82) is 15.8 Å². The van der Waals surface area contributed by atoms with Crippen molar-refractivity contribution in [3.63, 3.8) is 0 Å². The minimum atomic E-state index is 0.574. The summed E-state index contributed by atoms with van der Waals surface area (Å²) in [7, 11) is 0. The first-order chi connectivity index (χ1) is 71.8. The van der Waals surface area contributed by atoms with Gasteiger partial charge in [-0.25, -0.2) is 43.6 Å². The maximum Gasteiger partial charge on any atom is 0.223 e. The number of rotatable bonds is 8. The second-order valence-corrected chi connectivity index (χ2v) is 36.1. The van der Waals surface area contributed by atoms with Crippen molar-refractivity contribution in [1.82, 2.24) is 79.1 Å². The van der Waals surface area contributed by atoms with Crippen molar-refractivity contribution >= 4 is 217 Å². The van der Waals surface area contributed by atoms with Gasteiger partial charge in [0.05, 0.1) is 173 Å². The molecule has 0 amide bonds. The number of nitrogens with zero attached hydrogens (tertiary/aromatic N) is 21. The Morgan fingerprint density at radius 3 is 0.807 bits per heavy atom. The minimum Gasteiger partial charge on any atom is -0.456 e. The topological polar surface area (TPSA) is 216 Å². The Labute approximate surface area is 821 Å². The van der Waals surface area contributed by atoms with Gasteiger partial charge in [-0.15, -0.1) is 0 Å².